The van der Waals surface area contributed by atoms with Crippen LogP contribution in [0.2, 0.25) is 0 Å². The summed E-state index contributed by atoms with van der Waals surface area (Å²) in [6.45, 7) is 5.79. The fourth-order valence-electron chi connectivity index (χ4n) is 4.26. The third kappa shape index (κ3) is 4.17. The first-order valence-corrected chi connectivity index (χ1v) is 10.8. The Morgan fingerprint density at radius 2 is 1.88 bits per heavy atom. The molecule has 0 unspecified atom stereocenters. The molecule has 4 aromatic rings. The zero-order valence-corrected chi connectivity index (χ0v) is 17.9. The second-order valence-corrected chi connectivity index (χ2v) is 7.62. The lowest BCUT2D eigenvalue weighted by Crippen LogP contribution is -2.34. The van der Waals surface area contributed by atoms with Crippen LogP contribution in [0.5, 0.6) is 0 Å². The van der Waals surface area contributed by atoms with E-state index >= 15 is 0 Å². The van der Waals surface area contributed by atoms with Gasteiger partial charge in [-0.25, -0.2) is 4.98 Å². The van der Waals surface area contributed by atoms with Crippen LogP contribution in [-0.2, 0) is 12.7 Å². The summed E-state index contributed by atoms with van der Waals surface area (Å²) >= 11 is 0. The Morgan fingerprint density at radius 3 is 2.56 bits per heavy atom. The number of hydrogen-bond acceptors (Lipinski definition) is 4. The van der Waals surface area contributed by atoms with Crippen LogP contribution in [0.25, 0.3) is 21.9 Å². The molecule has 5 heterocycles. The molecule has 0 saturated carbocycles. The minimum absolute atomic E-state index is 0.0624. The molecule has 1 N–H and O–H groups in total. The Bertz CT molecular complexity index is 1260. The van der Waals surface area contributed by atoms with Crippen molar-refractivity contribution in [3.8, 4) is 0 Å². The summed E-state index contributed by atoms with van der Waals surface area (Å²) in [7, 11) is 0. The summed E-state index contributed by atoms with van der Waals surface area (Å²) in [6, 6.07) is 6.04. The molecule has 0 bridgehead atoms. The fraction of sp³-hybridized carbons (Fsp3) is 0.391. The molecule has 170 valence electrons. The van der Waals surface area contributed by atoms with E-state index in [1.54, 1.807) is 18.5 Å². The van der Waals surface area contributed by atoms with Crippen molar-refractivity contribution in [2.75, 3.05) is 13.1 Å². The van der Waals surface area contributed by atoms with Gasteiger partial charge in [0.1, 0.15) is 11.4 Å². The fourth-order valence-corrected chi connectivity index (χ4v) is 4.26. The lowest BCUT2D eigenvalue weighted by Gasteiger charge is -2.33. The average Bonchev–Trinajstić information content (AvgIpc) is 3.46. The van der Waals surface area contributed by atoms with Gasteiger partial charge in [-0.1, -0.05) is 13.8 Å². The quantitative estimate of drug-likeness (QED) is 0.461. The molecule has 1 saturated heterocycles. The van der Waals surface area contributed by atoms with Gasteiger partial charge >= 0.3 is 6.18 Å². The molecule has 32 heavy (non-hydrogen) atoms. The maximum absolute atomic E-state index is 12.7. The van der Waals surface area contributed by atoms with Crippen LogP contribution in [0.1, 0.15) is 44.3 Å². The van der Waals surface area contributed by atoms with Crippen molar-refractivity contribution < 1.29 is 17.6 Å². The van der Waals surface area contributed by atoms with Crippen molar-refractivity contribution in [1.82, 2.24) is 19.4 Å². The topological polar surface area (TPSA) is 67.1 Å². The Morgan fingerprint density at radius 1 is 1.12 bits per heavy atom. The Labute approximate surface area is 182 Å². The second-order valence-electron chi connectivity index (χ2n) is 7.62. The molecule has 6 nitrogen and oxygen atoms in total. The molecule has 0 amide bonds. The number of halogens is 3. The molecule has 1 aliphatic rings. The Balaban J connectivity index is 0.00000119. The molecular formula is C23H25F3N4O2. The largest absolute Gasteiger partial charge is 0.455 e. The van der Waals surface area contributed by atoms with Crippen molar-refractivity contribution in [2.24, 2.45) is 0 Å². The number of pyridine rings is 2. The molecule has 1 fully saturated rings. The van der Waals surface area contributed by atoms with Gasteiger partial charge < -0.3 is 14.0 Å². The van der Waals surface area contributed by atoms with Gasteiger partial charge in [0.15, 0.2) is 5.43 Å². The third-order valence-electron chi connectivity index (χ3n) is 5.74. The van der Waals surface area contributed by atoms with E-state index in [1.807, 2.05) is 26.1 Å². The van der Waals surface area contributed by atoms with Crippen LogP contribution in [0.15, 0.2) is 52.1 Å². The number of alkyl halides is 3. The highest BCUT2D eigenvalue weighted by Gasteiger charge is 2.35. The zero-order valence-electron chi connectivity index (χ0n) is 17.9. The summed E-state index contributed by atoms with van der Waals surface area (Å²) in [5, 5.41) is 1.49. The van der Waals surface area contributed by atoms with Crippen LogP contribution in [0.3, 0.4) is 0 Å². The molecule has 0 aliphatic carbocycles. The SMILES string of the molecule is CC.O=c1ccn(C2CCN(Cc3ccc(C(F)(F)F)o3)CC2)c2c1cnc1[nH]ccc12. The zero-order chi connectivity index (χ0) is 22.9. The maximum Gasteiger partial charge on any atom is 0.449 e. The number of piperidine rings is 1. The highest BCUT2D eigenvalue weighted by molar-refractivity contribution is 6.02. The molecule has 5 rings (SSSR count). The summed E-state index contributed by atoms with van der Waals surface area (Å²) in [4.78, 5) is 21.8. The predicted octanol–water partition coefficient (Wildman–Crippen LogP) is 5.35. The normalized spacial score (nSPS) is 15.8. The first kappa shape index (κ1) is 22.1. The minimum atomic E-state index is -4.46. The molecule has 0 atom stereocenters. The van der Waals surface area contributed by atoms with Crippen LogP contribution >= 0.6 is 0 Å². The molecule has 0 radical (unpaired) electrons. The first-order chi connectivity index (χ1) is 15.4. The molecule has 0 aromatic carbocycles. The van der Waals surface area contributed by atoms with Gasteiger partial charge in [0.2, 0.25) is 5.76 Å². The van der Waals surface area contributed by atoms with Crippen LogP contribution < -0.4 is 5.43 Å². The van der Waals surface area contributed by atoms with Crippen LogP contribution in [0, 0.1) is 0 Å². The highest BCUT2D eigenvalue weighted by atomic mass is 19.4. The smallest absolute Gasteiger partial charge is 0.449 e. The number of rotatable bonds is 3. The van der Waals surface area contributed by atoms with Crippen molar-refractivity contribution in [3.05, 3.63) is 64.6 Å². The summed E-state index contributed by atoms with van der Waals surface area (Å²) in [6.07, 6.45) is 2.42. The molecule has 9 heteroatoms. The van der Waals surface area contributed by atoms with Gasteiger partial charge in [-0.3, -0.25) is 9.69 Å². The lowest BCUT2D eigenvalue weighted by molar-refractivity contribution is -0.153. The lowest BCUT2D eigenvalue weighted by atomic mass is 10.0. The summed E-state index contributed by atoms with van der Waals surface area (Å²) in [5.41, 5.74) is 1.54. The van der Waals surface area contributed by atoms with E-state index in [2.05, 4.69) is 19.4 Å². The van der Waals surface area contributed by atoms with Crippen molar-refractivity contribution in [2.45, 2.75) is 45.5 Å². The van der Waals surface area contributed by atoms with E-state index in [4.69, 9.17) is 4.42 Å². The molecule has 1 aliphatic heterocycles. The minimum Gasteiger partial charge on any atom is -0.455 e. The second kappa shape index (κ2) is 8.82. The monoisotopic (exact) mass is 446 g/mol. The Hall–Kier alpha value is -3.07. The van der Waals surface area contributed by atoms with E-state index in [9.17, 15) is 18.0 Å². The summed E-state index contributed by atoms with van der Waals surface area (Å²) in [5.74, 6) is -0.647. The van der Waals surface area contributed by atoms with Gasteiger partial charge in [0, 0.05) is 49.2 Å². The number of nitrogens with one attached hydrogen (secondary N) is 1. The van der Waals surface area contributed by atoms with Gasteiger partial charge in [0.25, 0.3) is 0 Å². The molecule has 0 spiro atoms. The van der Waals surface area contributed by atoms with E-state index < -0.39 is 11.9 Å². The van der Waals surface area contributed by atoms with Gasteiger partial charge in [0.05, 0.1) is 17.4 Å². The van der Waals surface area contributed by atoms with Crippen LogP contribution in [-0.4, -0.2) is 32.5 Å². The van der Waals surface area contributed by atoms with Crippen molar-refractivity contribution in [1.29, 1.82) is 0 Å². The number of aromatic amines is 1. The Kier molecular flexibility index (Phi) is 6.10. The van der Waals surface area contributed by atoms with E-state index in [-0.39, 0.29) is 11.5 Å². The maximum atomic E-state index is 12.7. The number of H-pyrrole nitrogens is 1. The number of nitrogens with zero attached hydrogens (tertiary/aromatic N) is 3. The van der Waals surface area contributed by atoms with E-state index in [0.717, 1.165) is 48.5 Å². The molecule has 4 aromatic heterocycles. The third-order valence-corrected chi connectivity index (χ3v) is 5.74. The number of aromatic nitrogens is 3. The van der Waals surface area contributed by atoms with Gasteiger partial charge in [-0.05, 0) is 31.0 Å². The van der Waals surface area contributed by atoms with E-state index in [1.165, 1.54) is 6.07 Å². The predicted molar refractivity (Wildman–Crippen MR) is 116 cm³/mol. The molecular weight excluding hydrogens is 421 g/mol. The number of hydrogen-bond donors (Lipinski definition) is 1. The van der Waals surface area contributed by atoms with Gasteiger partial charge in [-0.15, -0.1) is 0 Å². The first-order valence-electron chi connectivity index (χ1n) is 10.8. The average molecular weight is 446 g/mol. The standard InChI is InChI=1S/C21H19F3N4O2.C2H6/c22-21(23,24)18-2-1-14(30-18)12-27-8-4-13(5-9-27)28-10-6-17(29)16-11-26-20-15(19(16)28)3-7-25-20;1-2/h1-3,6-7,10-11,13H,4-5,8-9,12H2,(H,25,26);1-2H3. The van der Waals surface area contributed by atoms with Crippen molar-refractivity contribution >= 4 is 21.9 Å². The van der Waals surface area contributed by atoms with Crippen molar-refractivity contribution in [3.63, 3.8) is 0 Å². The number of fused-ring (bicyclic) bond motifs is 3. The highest BCUT2D eigenvalue weighted by Crippen LogP contribution is 2.32. The number of furan rings is 1. The number of likely N-dealkylation sites (tertiary alicyclic amines) is 1. The summed E-state index contributed by atoms with van der Waals surface area (Å²) < 4.78 is 45.3. The van der Waals surface area contributed by atoms with Crippen LogP contribution in [0.4, 0.5) is 13.2 Å². The van der Waals surface area contributed by atoms with E-state index in [0.29, 0.717) is 17.7 Å². The van der Waals surface area contributed by atoms with Gasteiger partial charge in [-0.2, -0.15) is 13.2 Å².